The fourth-order valence-electron chi connectivity index (χ4n) is 6.21. The van der Waals surface area contributed by atoms with Crippen molar-refractivity contribution in [2.75, 3.05) is 14.2 Å². The minimum Gasteiger partial charge on any atom is -0.493 e. The molecular weight excluding hydrogens is 378 g/mol. The zero-order valence-corrected chi connectivity index (χ0v) is 16.9. The van der Waals surface area contributed by atoms with Crippen LogP contribution in [0.3, 0.4) is 0 Å². The van der Waals surface area contributed by atoms with Gasteiger partial charge in [-0.05, 0) is 62.5 Å². The maximum absolute atomic E-state index is 12.6. The van der Waals surface area contributed by atoms with Gasteiger partial charge in [-0.15, -0.1) is 11.6 Å². The van der Waals surface area contributed by atoms with Gasteiger partial charge >= 0.3 is 5.97 Å². The Kier molecular flexibility index (Phi) is 4.02. The fraction of sp³-hybridized carbons (Fsp3) is 0.545. The first-order chi connectivity index (χ1) is 13.4. The highest BCUT2D eigenvalue weighted by Crippen LogP contribution is 2.64. The van der Waals surface area contributed by atoms with Gasteiger partial charge < -0.3 is 14.2 Å². The van der Waals surface area contributed by atoms with Gasteiger partial charge in [0.25, 0.3) is 0 Å². The molecule has 1 aromatic carbocycles. The van der Waals surface area contributed by atoms with Crippen LogP contribution in [-0.2, 0) is 9.53 Å². The summed E-state index contributed by atoms with van der Waals surface area (Å²) in [6.45, 7) is 0. The molecule has 6 heteroatoms. The van der Waals surface area contributed by atoms with Crippen molar-refractivity contribution >= 4 is 29.5 Å². The Morgan fingerprint density at radius 2 is 1.93 bits per heavy atom. The molecule has 5 nitrogen and oxygen atoms in total. The normalized spacial score (nSPS) is 37.2. The van der Waals surface area contributed by atoms with Crippen molar-refractivity contribution in [3.8, 4) is 11.5 Å². The lowest BCUT2D eigenvalue weighted by Crippen LogP contribution is -2.56. The Balaban J connectivity index is 1.51. The molecule has 5 aliphatic rings. The van der Waals surface area contributed by atoms with E-state index in [-0.39, 0.29) is 10.3 Å². The standard InChI is InChI=1S/C22H24ClNO4/c1-26-17-5-3-4-15(18(17)27-2)7-16-19(25)28-20(24-16)21-8-13-6-14(9-21)11-22(23,10-13)12-21/h3-5,7,13-14H,6,8-12H2,1-2H3/b16-7-. The summed E-state index contributed by atoms with van der Waals surface area (Å²) < 4.78 is 16.5. The first-order valence-electron chi connectivity index (χ1n) is 9.87. The van der Waals surface area contributed by atoms with Crippen molar-refractivity contribution in [3.63, 3.8) is 0 Å². The van der Waals surface area contributed by atoms with E-state index in [1.807, 2.05) is 18.2 Å². The van der Waals surface area contributed by atoms with Gasteiger partial charge in [-0.1, -0.05) is 12.1 Å². The lowest BCUT2D eigenvalue weighted by molar-refractivity contribution is -0.131. The first-order valence-corrected chi connectivity index (χ1v) is 10.2. The van der Waals surface area contributed by atoms with Crippen LogP contribution in [0.5, 0.6) is 11.5 Å². The molecule has 28 heavy (non-hydrogen) atoms. The maximum Gasteiger partial charge on any atom is 0.363 e. The predicted octanol–water partition coefficient (Wildman–Crippen LogP) is 4.58. The second-order valence-electron chi connectivity index (χ2n) is 8.81. The quantitative estimate of drug-likeness (QED) is 0.421. The number of aliphatic imine (C=N–C) groups is 1. The number of alkyl halides is 1. The molecule has 4 aliphatic carbocycles. The van der Waals surface area contributed by atoms with Crippen molar-refractivity contribution in [1.82, 2.24) is 0 Å². The summed E-state index contributed by atoms with van der Waals surface area (Å²) >= 11 is 6.93. The number of cyclic esters (lactones) is 1. The van der Waals surface area contributed by atoms with Crippen LogP contribution in [0.15, 0.2) is 28.9 Å². The third kappa shape index (κ3) is 2.74. The van der Waals surface area contributed by atoms with Gasteiger partial charge in [0.05, 0.1) is 14.2 Å². The smallest absolute Gasteiger partial charge is 0.363 e. The molecule has 1 aliphatic heterocycles. The van der Waals surface area contributed by atoms with E-state index in [1.165, 1.54) is 6.42 Å². The summed E-state index contributed by atoms with van der Waals surface area (Å²) in [6, 6.07) is 5.54. The van der Waals surface area contributed by atoms with Crippen LogP contribution in [0.4, 0.5) is 0 Å². The molecule has 148 valence electrons. The van der Waals surface area contributed by atoms with E-state index in [2.05, 4.69) is 4.99 Å². The van der Waals surface area contributed by atoms with E-state index < -0.39 is 5.97 Å². The van der Waals surface area contributed by atoms with Crippen molar-refractivity contribution < 1.29 is 19.0 Å². The third-order valence-electron chi connectivity index (χ3n) is 6.79. The van der Waals surface area contributed by atoms with Gasteiger partial charge in [0.2, 0.25) is 5.90 Å². The molecule has 2 atom stereocenters. The van der Waals surface area contributed by atoms with E-state index >= 15 is 0 Å². The fourth-order valence-corrected chi connectivity index (χ4v) is 6.90. The highest BCUT2D eigenvalue weighted by molar-refractivity contribution is 6.24. The Morgan fingerprint density at radius 3 is 2.57 bits per heavy atom. The number of carbonyl (C=O) groups excluding carboxylic acids is 1. The molecule has 0 aromatic heterocycles. The van der Waals surface area contributed by atoms with Gasteiger partial charge in [0.1, 0.15) is 0 Å². The maximum atomic E-state index is 12.6. The number of para-hydroxylation sites is 1. The number of ether oxygens (including phenoxy) is 3. The van der Waals surface area contributed by atoms with E-state index in [9.17, 15) is 4.79 Å². The molecule has 4 fully saturated rings. The zero-order valence-electron chi connectivity index (χ0n) is 16.2. The first kappa shape index (κ1) is 18.0. The highest BCUT2D eigenvalue weighted by Gasteiger charge is 2.60. The second-order valence-corrected chi connectivity index (χ2v) is 9.61. The number of hydrogen-bond donors (Lipinski definition) is 0. The molecule has 2 unspecified atom stereocenters. The summed E-state index contributed by atoms with van der Waals surface area (Å²) in [6.07, 6.45) is 8.04. The van der Waals surface area contributed by atoms with Gasteiger partial charge in [0, 0.05) is 15.9 Å². The summed E-state index contributed by atoms with van der Waals surface area (Å²) in [7, 11) is 3.17. The van der Waals surface area contributed by atoms with Crippen LogP contribution >= 0.6 is 11.6 Å². The predicted molar refractivity (Wildman–Crippen MR) is 107 cm³/mol. The van der Waals surface area contributed by atoms with Crippen molar-refractivity contribution in [2.45, 2.75) is 43.4 Å². The van der Waals surface area contributed by atoms with E-state index in [0.717, 1.165) is 37.7 Å². The third-order valence-corrected chi connectivity index (χ3v) is 7.23. The zero-order chi connectivity index (χ0) is 19.5. The Hall–Kier alpha value is -2.01. The van der Waals surface area contributed by atoms with Gasteiger partial charge in [-0.25, -0.2) is 9.79 Å². The summed E-state index contributed by atoms with van der Waals surface area (Å²) in [5, 5.41) is 0. The number of benzene rings is 1. The Morgan fingerprint density at radius 1 is 1.18 bits per heavy atom. The van der Waals surface area contributed by atoms with Gasteiger partial charge in [-0.3, -0.25) is 0 Å². The number of halogens is 1. The van der Waals surface area contributed by atoms with E-state index in [1.54, 1.807) is 20.3 Å². The minimum atomic E-state index is -0.403. The van der Waals surface area contributed by atoms with E-state index in [0.29, 0.717) is 34.9 Å². The molecule has 1 aromatic rings. The molecule has 0 N–H and O–H groups in total. The van der Waals surface area contributed by atoms with Crippen LogP contribution in [0.2, 0.25) is 0 Å². The molecule has 4 saturated carbocycles. The lowest BCUT2D eigenvalue weighted by Gasteiger charge is -2.59. The number of rotatable bonds is 4. The average molecular weight is 402 g/mol. The minimum absolute atomic E-state index is 0.151. The molecule has 0 radical (unpaired) electrons. The summed E-state index contributed by atoms with van der Waals surface area (Å²) in [5.74, 6) is 2.59. The van der Waals surface area contributed by atoms with Crippen LogP contribution in [0.1, 0.15) is 44.1 Å². The molecule has 1 heterocycles. The van der Waals surface area contributed by atoms with Crippen LogP contribution < -0.4 is 9.47 Å². The Bertz CT molecular complexity index is 892. The number of hydrogen-bond acceptors (Lipinski definition) is 5. The van der Waals surface area contributed by atoms with E-state index in [4.69, 9.17) is 25.8 Å². The molecule has 0 spiro atoms. The van der Waals surface area contributed by atoms with Gasteiger partial charge in [-0.2, -0.15) is 0 Å². The van der Waals surface area contributed by atoms with Crippen molar-refractivity contribution in [3.05, 3.63) is 29.5 Å². The SMILES string of the molecule is COc1cccc(/C=C2\N=C(C34CC5CC(CC(Cl)(C5)C3)C4)OC2=O)c1OC. The largest absolute Gasteiger partial charge is 0.493 e. The second kappa shape index (κ2) is 6.24. The molecule has 4 bridgehead atoms. The number of methoxy groups -OCH3 is 2. The summed E-state index contributed by atoms with van der Waals surface area (Å²) in [4.78, 5) is 17.1. The highest BCUT2D eigenvalue weighted by atomic mass is 35.5. The Labute approximate surface area is 169 Å². The topological polar surface area (TPSA) is 57.1 Å². The van der Waals surface area contributed by atoms with Crippen LogP contribution in [0.25, 0.3) is 6.08 Å². The number of esters is 1. The van der Waals surface area contributed by atoms with Gasteiger partial charge in [0.15, 0.2) is 17.2 Å². The van der Waals surface area contributed by atoms with Crippen molar-refractivity contribution in [2.24, 2.45) is 22.2 Å². The van der Waals surface area contributed by atoms with Crippen LogP contribution in [0, 0.1) is 17.3 Å². The number of nitrogens with zero attached hydrogens (tertiary/aromatic N) is 1. The molecule has 0 saturated heterocycles. The number of carbonyl (C=O) groups is 1. The van der Waals surface area contributed by atoms with Crippen molar-refractivity contribution in [1.29, 1.82) is 0 Å². The average Bonchev–Trinajstić information content (AvgIpc) is 3.01. The lowest BCUT2D eigenvalue weighted by atomic mass is 9.49. The molecule has 0 amide bonds. The molecule has 6 rings (SSSR count). The summed E-state index contributed by atoms with van der Waals surface area (Å²) in [5.41, 5.74) is 0.856. The monoisotopic (exact) mass is 401 g/mol. The molecular formula is C22H24ClNO4. The van der Waals surface area contributed by atoms with Crippen LogP contribution in [-0.4, -0.2) is 31.0 Å².